The first-order valence-electron chi connectivity index (χ1n) is 8.74. The molecule has 0 atom stereocenters. The van der Waals surface area contributed by atoms with Gasteiger partial charge in [0.15, 0.2) is 0 Å². The van der Waals surface area contributed by atoms with Gasteiger partial charge in [-0.05, 0) is 35.8 Å². The van der Waals surface area contributed by atoms with Crippen molar-refractivity contribution >= 4 is 28.8 Å². The molecule has 3 aromatic rings. The summed E-state index contributed by atoms with van der Waals surface area (Å²) in [5.74, 6) is -0.467. The Hall–Kier alpha value is -2.93. The molecular weight excluding hydrogens is 363 g/mol. The van der Waals surface area contributed by atoms with E-state index < -0.39 is 0 Å². The lowest BCUT2D eigenvalue weighted by Crippen LogP contribution is -2.48. The summed E-state index contributed by atoms with van der Waals surface area (Å²) in [4.78, 5) is 17.4. The highest BCUT2D eigenvalue weighted by Gasteiger charge is 2.26. The third kappa shape index (κ3) is 3.50. The summed E-state index contributed by atoms with van der Waals surface area (Å²) < 4.78 is 17.8. The van der Waals surface area contributed by atoms with Gasteiger partial charge in [-0.2, -0.15) is 4.37 Å². The second-order valence-electron chi connectivity index (χ2n) is 6.40. The minimum Gasteiger partial charge on any atom is -0.396 e. The zero-order valence-corrected chi connectivity index (χ0v) is 15.5. The molecule has 1 amide bonds. The number of para-hydroxylation sites is 1. The Labute approximate surface area is 161 Å². The Balaban J connectivity index is 1.48. The highest BCUT2D eigenvalue weighted by Crippen LogP contribution is 2.32. The summed E-state index contributed by atoms with van der Waals surface area (Å²) in [7, 11) is 0. The quantitative estimate of drug-likeness (QED) is 0.753. The first kappa shape index (κ1) is 17.5. The number of carbonyl (C=O) groups excluding carboxylic acids is 1. The molecule has 2 aromatic carbocycles. The summed E-state index contributed by atoms with van der Waals surface area (Å²) in [5, 5.41) is 0. The zero-order chi connectivity index (χ0) is 18.8. The third-order valence-electron chi connectivity index (χ3n) is 4.71. The topological polar surface area (TPSA) is 62.5 Å². The Morgan fingerprint density at radius 3 is 2.48 bits per heavy atom. The molecule has 5 nitrogen and oxygen atoms in total. The molecule has 27 heavy (non-hydrogen) atoms. The molecule has 1 aliphatic heterocycles. The number of benzene rings is 2. The number of nitrogens with zero attached hydrogens (tertiary/aromatic N) is 3. The average molecular weight is 382 g/mol. The minimum absolute atomic E-state index is 0.111. The van der Waals surface area contributed by atoms with Crippen LogP contribution in [-0.2, 0) is 0 Å². The van der Waals surface area contributed by atoms with Gasteiger partial charge in [0.1, 0.15) is 16.4 Å². The van der Waals surface area contributed by atoms with Crippen molar-refractivity contribution in [2.45, 2.75) is 0 Å². The van der Waals surface area contributed by atoms with E-state index in [1.165, 1.54) is 12.1 Å². The lowest BCUT2D eigenvalue weighted by Gasteiger charge is -2.36. The largest absolute Gasteiger partial charge is 0.396 e. The van der Waals surface area contributed by atoms with Crippen LogP contribution in [0, 0.1) is 5.82 Å². The lowest BCUT2D eigenvalue weighted by molar-refractivity contribution is 0.0752. The fourth-order valence-electron chi connectivity index (χ4n) is 3.25. The number of hydrogen-bond acceptors (Lipinski definition) is 5. The average Bonchev–Trinajstić information content (AvgIpc) is 3.09. The normalized spacial score (nSPS) is 14.4. The smallest absolute Gasteiger partial charge is 0.267 e. The molecule has 0 bridgehead atoms. The number of amides is 1. The molecule has 7 heteroatoms. The van der Waals surface area contributed by atoms with Crippen LogP contribution in [0.25, 0.3) is 11.3 Å². The van der Waals surface area contributed by atoms with Gasteiger partial charge < -0.3 is 15.5 Å². The van der Waals surface area contributed by atoms with Crippen molar-refractivity contribution in [1.82, 2.24) is 9.27 Å². The molecule has 138 valence electrons. The van der Waals surface area contributed by atoms with Gasteiger partial charge in [0.25, 0.3) is 5.91 Å². The molecule has 1 aliphatic rings. The molecule has 1 saturated heterocycles. The number of anilines is 2. The summed E-state index contributed by atoms with van der Waals surface area (Å²) >= 11 is 1.07. The van der Waals surface area contributed by atoms with Crippen LogP contribution in [-0.4, -0.2) is 41.4 Å². The predicted molar refractivity (Wildman–Crippen MR) is 106 cm³/mol. The van der Waals surface area contributed by atoms with Crippen LogP contribution in [0.4, 0.5) is 15.8 Å². The lowest BCUT2D eigenvalue weighted by atomic mass is 10.1. The van der Waals surface area contributed by atoms with E-state index in [4.69, 9.17) is 5.73 Å². The van der Waals surface area contributed by atoms with Crippen molar-refractivity contribution in [3.8, 4) is 11.3 Å². The number of halogens is 1. The Kier molecular flexibility index (Phi) is 4.77. The predicted octanol–water partition coefficient (Wildman–Crippen LogP) is 3.49. The summed E-state index contributed by atoms with van der Waals surface area (Å²) in [5.41, 5.74) is 8.71. The van der Waals surface area contributed by atoms with E-state index in [0.717, 1.165) is 30.3 Å². The Morgan fingerprint density at radius 2 is 1.78 bits per heavy atom. The van der Waals surface area contributed by atoms with Crippen molar-refractivity contribution in [2.75, 3.05) is 36.8 Å². The number of aromatic nitrogens is 1. The van der Waals surface area contributed by atoms with Crippen LogP contribution in [0.15, 0.2) is 54.6 Å². The van der Waals surface area contributed by atoms with Crippen LogP contribution in [0.3, 0.4) is 0 Å². The summed E-state index contributed by atoms with van der Waals surface area (Å²) in [6.07, 6.45) is 0. The summed E-state index contributed by atoms with van der Waals surface area (Å²) in [6.45, 7) is 2.79. The minimum atomic E-state index is -0.357. The SMILES string of the molecule is Nc1c(-c2cccc(F)c2)nsc1C(=O)N1CCN(c2ccccc2)CC1. The van der Waals surface area contributed by atoms with Gasteiger partial charge in [0.2, 0.25) is 0 Å². The van der Waals surface area contributed by atoms with Crippen molar-refractivity contribution < 1.29 is 9.18 Å². The maximum absolute atomic E-state index is 13.5. The number of hydrogen-bond donors (Lipinski definition) is 1. The maximum Gasteiger partial charge on any atom is 0.267 e. The molecule has 0 saturated carbocycles. The first-order valence-corrected chi connectivity index (χ1v) is 9.51. The van der Waals surface area contributed by atoms with E-state index in [-0.39, 0.29) is 11.7 Å². The van der Waals surface area contributed by atoms with Crippen LogP contribution in [0.2, 0.25) is 0 Å². The van der Waals surface area contributed by atoms with Gasteiger partial charge in [-0.25, -0.2) is 4.39 Å². The molecule has 0 unspecified atom stereocenters. The van der Waals surface area contributed by atoms with Crippen LogP contribution in [0.5, 0.6) is 0 Å². The Morgan fingerprint density at radius 1 is 1.04 bits per heavy atom. The molecule has 2 N–H and O–H groups in total. The van der Waals surface area contributed by atoms with Gasteiger partial charge in [0.05, 0.1) is 5.69 Å². The third-order valence-corrected chi connectivity index (χ3v) is 5.56. The van der Waals surface area contributed by atoms with Gasteiger partial charge in [-0.1, -0.05) is 30.3 Å². The number of nitrogens with two attached hydrogens (primary N) is 1. The summed E-state index contributed by atoms with van der Waals surface area (Å²) in [6, 6.07) is 16.2. The number of carbonyl (C=O) groups is 1. The molecule has 1 fully saturated rings. The van der Waals surface area contributed by atoms with Crippen molar-refractivity contribution in [2.24, 2.45) is 0 Å². The van der Waals surface area contributed by atoms with Crippen LogP contribution in [0.1, 0.15) is 9.67 Å². The van der Waals surface area contributed by atoms with E-state index in [9.17, 15) is 9.18 Å². The Bertz CT molecular complexity index is 952. The molecule has 1 aromatic heterocycles. The second kappa shape index (κ2) is 7.36. The maximum atomic E-state index is 13.5. The van der Waals surface area contributed by atoms with Gasteiger partial charge in [0, 0.05) is 37.4 Å². The fraction of sp³-hybridized carbons (Fsp3) is 0.200. The molecule has 0 radical (unpaired) electrons. The monoisotopic (exact) mass is 382 g/mol. The molecular formula is C20H19FN4OS. The van der Waals surface area contributed by atoms with E-state index in [1.807, 2.05) is 18.2 Å². The van der Waals surface area contributed by atoms with E-state index >= 15 is 0 Å². The molecule has 0 aliphatic carbocycles. The van der Waals surface area contributed by atoms with Gasteiger partial charge in [-0.3, -0.25) is 4.79 Å². The standard InChI is InChI=1S/C20H19FN4OS/c21-15-6-4-5-14(13-15)18-17(22)19(27-23-18)20(26)25-11-9-24(10-12-25)16-7-2-1-3-8-16/h1-8,13H,9-12,22H2. The van der Waals surface area contributed by atoms with Crippen molar-refractivity contribution in [3.05, 3.63) is 65.3 Å². The molecule has 0 spiro atoms. The number of piperazine rings is 1. The van der Waals surface area contributed by atoms with Crippen molar-refractivity contribution in [1.29, 1.82) is 0 Å². The highest BCUT2D eigenvalue weighted by molar-refractivity contribution is 7.09. The first-order chi connectivity index (χ1) is 13.1. The fourth-order valence-corrected chi connectivity index (χ4v) is 4.03. The van der Waals surface area contributed by atoms with Crippen LogP contribution >= 0.6 is 11.5 Å². The molecule has 4 rings (SSSR count). The van der Waals surface area contributed by atoms with Gasteiger partial charge >= 0.3 is 0 Å². The highest BCUT2D eigenvalue weighted by atomic mass is 32.1. The van der Waals surface area contributed by atoms with Gasteiger partial charge in [-0.15, -0.1) is 0 Å². The molecule has 2 heterocycles. The van der Waals surface area contributed by atoms with E-state index in [0.29, 0.717) is 34.9 Å². The van der Waals surface area contributed by atoms with Crippen molar-refractivity contribution in [3.63, 3.8) is 0 Å². The van der Waals surface area contributed by atoms with E-state index in [1.54, 1.807) is 17.0 Å². The van der Waals surface area contributed by atoms with E-state index in [2.05, 4.69) is 21.4 Å². The van der Waals surface area contributed by atoms with Crippen LogP contribution < -0.4 is 10.6 Å². The second-order valence-corrected chi connectivity index (χ2v) is 7.17. The zero-order valence-electron chi connectivity index (χ0n) is 14.6. The number of nitrogen functional groups attached to an aromatic ring is 1. The number of rotatable bonds is 3.